The van der Waals surface area contributed by atoms with Crippen LogP contribution in [0.2, 0.25) is 5.02 Å². The van der Waals surface area contributed by atoms with E-state index in [2.05, 4.69) is 20.1 Å². The number of rotatable bonds is 10. The summed E-state index contributed by atoms with van der Waals surface area (Å²) in [6.07, 6.45) is 4.01. The Hall–Kier alpha value is -2.76. The van der Waals surface area contributed by atoms with Gasteiger partial charge in [-0.15, -0.1) is 0 Å². The highest BCUT2D eigenvalue weighted by atomic mass is 35.5. The Balaban J connectivity index is 1.61. The number of carbonyl (C=O) groups excluding carboxylic acids is 2. The van der Waals surface area contributed by atoms with Gasteiger partial charge in [-0.1, -0.05) is 25.4 Å². The van der Waals surface area contributed by atoms with Crippen molar-refractivity contribution in [2.45, 2.75) is 64.5 Å². The minimum atomic E-state index is -3.08. The van der Waals surface area contributed by atoms with E-state index in [1.165, 1.54) is 25.3 Å². The Bertz CT molecular complexity index is 1210. The molecule has 2 fully saturated rings. The van der Waals surface area contributed by atoms with Crippen LogP contribution in [0, 0.1) is 11.3 Å². The number of amides is 1. The molecule has 1 aromatic heterocycles. The fourth-order valence-electron chi connectivity index (χ4n) is 6.15. The number of aromatic nitrogens is 2. The Labute approximate surface area is 244 Å². The lowest BCUT2D eigenvalue weighted by atomic mass is 9.72. The van der Waals surface area contributed by atoms with Crippen molar-refractivity contribution in [3.63, 3.8) is 0 Å². The van der Waals surface area contributed by atoms with Gasteiger partial charge in [-0.3, -0.25) is 14.3 Å². The summed E-state index contributed by atoms with van der Waals surface area (Å²) in [6, 6.07) is 6.08. The second-order valence-corrected chi connectivity index (χ2v) is 11.8. The standard InChI is InChI=1S/C29H39ClF2N4O5/c1-19(2)23-7-12-33-36(23)29(25(37)34-22-6-5-21(30)17-24(22)41-27(31)32)10-13-35(14-11-29)18-28(3,26(38)39-4)20-8-15-40-16-9-20/h5-7,12,17,19-20,27H,8-11,13-16,18H2,1-4H3,(H,34,37). The highest BCUT2D eigenvalue weighted by Gasteiger charge is 2.49. The molecule has 9 nitrogen and oxygen atoms in total. The second kappa shape index (κ2) is 13.0. The van der Waals surface area contributed by atoms with Crippen LogP contribution in [0.1, 0.15) is 58.1 Å². The summed E-state index contributed by atoms with van der Waals surface area (Å²) in [7, 11) is 1.42. The zero-order valence-electron chi connectivity index (χ0n) is 24.0. The number of likely N-dealkylation sites (tertiary alicyclic amines) is 1. The second-order valence-electron chi connectivity index (χ2n) is 11.4. The van der Waals surface area contributed by atoms with E-state index in [-0.39, 0.29) is 40.2 Å². The van der Waals surface area contributed by atoms with Crippen LogP contribution < -0.4 is 10.1 Å². The third kappa shape index (κ3) is 6.67. The van der Waals surface area contributed by atoms with Gasteiger partial charge >= 0.3 is 12.6 Å². The number of piperidine rings is 1. The number of esters is 1. The molecule has 41 heavy (non-hydrogen) atoms. The van der Waals surface area contributed by atoms with Gasteiger partial charge in [0, 0.05) is 55.8 Å². The summed E-state index contributed by atoms with van der Waals surface area (Å²) < 4.78 is 43.4. The Morgan fingerprint density at radius 1 is 1.22 bits per heavy atom. The molecule has 226 valence electrons. The molecule has 0 saturated carbocycles. The molecule has 0 aliphatic carbocycles. The molecule has 3 heterocycles. The molecule has 1 N–H and O–H groups in total. The molecule has 2 aliphatic heterocycles. The van der Waals surface area contributed by atoms with Gasteiger partial charge in [-0.05, 0) is 62.6 Å². The Kier molecular flexibility index (Phi) is 9.92. The Morgan fingerprint density at radius 3 is 2.51 bits per heavy atom. The fraction of sp³-hybridized carbons (Fsp3) is 0.621. The van der Waals surface area contributed by atoms with Crippen molar-refractivity contribution in [1.29, 1.82) is 0 Å². The maximum absolute atomic E-state index is 14.1. The molecule has 4 rings (SSSR count). The normalized spacial score (nSPS) is 19.6. The molecular formula is C29H39ClF2N4O5. The number of alkyl halides is 2. The van der Waals surface area contributed by atoms with Crippen molar-refractivity contribution < 1.29 is 32.6 Å². The predicted octanol–water partition coefficient (Wildman–Crippen LogP) is 5.30. The number of nitrogens with zero attached hydrogens (tertiary/aromatic N) is 3. The van der Waals surface area contributed by atoms with Gasteiger partial charge in [0.05, 0.1) is 18.2 Å². The van der Waals surface area contributed by atoms with E-state index in [1.54, 1.807) is 10.9 Å². The van der Waals surface area contributed by atoms with Gasteiger partial charge in [-0.25, -0.2) is 0 Å². The zero-order chi connectivity index (χ0) is 29.8. The lowest BCUT2D eigenvalue weighted by Gasteiger charge is -2.45. The number of halogens is 3. The number of ether oxygens (including phenoxy) is 3. The maximum atomic E-state index is 14.1. The van der Waals surface area contributed by atoms with Crippen molar-refractivity contribution in [1.82, 2.24) is 14.7 Å². The summed E-state index contributed by atoms with van der Waals surface area (Å²) >= 11 is 6.01. The van der Waals surface area contributed by atoms with Crippen molar-refractivity contribution >= 4 is 29.2 Å². The number of hydrogen-bond donors (Lipinski definition) is 1. The number of nitrogens with one attached hydrogen (secondary N) is 1. The summed E-state index contributed by atoms with van der Waals surface area (Å²) in [5.74, 6) is -0.643. The Morgan fingerprint density at radius 2 is 1.90 bits per heavy atom. The first-order valence-corrected chi connectivity index (χ1v) is 14.4. The van der Waals surface area contributed by atoms with E-state index in [9.17, 15) is 18.4 Å². The average Bonchev–Trinajstić information content (AvgIpc) is 3.46. The fourth-order valence-corrected chi connectivity index (χ4v) is 6.31. The molecule has 2 saturated heterocycles. The lowest BCUT2D eigenvalue weighted by Crippen LogP contribution is -2.57. The summed E-state index contributed by atoms with van der Waals surface area (Å²) in [5, 5.41) is 7.60. The summed E-state index contributed by atoms with van der Waals surface area (Å²) in [6.45, 7) is 5.67. The molecule has 12 heteroatoms. The quantitative estimate of drug-likeness (QED) is 0.372. The van der Waals surface area contributed by atoms with Crippen molar-refractivity contribution in [2.75, 3.05) is 45.3 Å². The van der Waals surface area contributed by atoms with E-state index < -0.39 is 17.6 Å². The molecule has 2 aromatic rings. The maximum Gasteiger partial charge on any atom is 0.387 e. The molecule has 1 amide bonds. The van der Waals surface area contributed by atoms with Crippen LogP contribution >= 0.6 is 11.6 Å². The molecule has 1 unspecified atom stereocenters. The summed E-state index contributed by atoms with van der Waals surface area (Å²) in [5.41, 5.74) is -0.838. The first-order valence-electron chi connectivity index (χ1n) is 14.0. The number of anilines is 1. The van der Waals surface area contributed by atoms with Crippen LogP contribution in [-0.4, -0.2) is 73.1 Å². The highest BCUT2D eigenvalue weighted by Crippen LogP contribution is 2.40. The van der Waals surface area contributed by atoms with E-state index in [0.717, 1.165) is 18.5 Å². The van der Waals surface area contributed by atoms with Gasteiger partial charge in [0.25, 0.3) is 5.91 Å². The van der Waals surface area contributed by atoms with Gasteiger partial charge in [-0.2, -0.15) is 13.9 Å². The van der Waals surface area contributed by atoms with Gasteiger partial charge in [0.1, 0.15) is 5.54 Å². The third-order valence-electron chi connectivity index (χ3n) is 8.51. The van der Waals surface area contributed by atoms with Crippen LogP contribution in [0.15, 0.2) is 30.5 Å². The number of benzene rings is 1. The minimum Gasteiger partial charge on any atom is -0.469 e. The van der Waals surface area contributed by atoms with Crippen molar-refractivity contribution in [3.05, 3.63) is 41.2 Å². The third-order valence-corrected chi connectivity index (χ3v) is 8.74. The minimum absolute atomic E-state index is 0.0876. The average molecular weight is 597 g/mol. The number of hydrogen-bond acceptors (Lipinski definition) is 7. The van der Waals surface area contributed by atoms with E-state index in [4.69, 9.17) is 21.1 Å². The molecule has 0 spiro atoms. The van der Waals surface area contributed by atoms with Gasteiger partial charge in [0.2, 0.25) is 0 Å². The molecule has 0 bridgehead atoms. The molecule has 1 atom stereocenters. The zero-order valence-corrected chi connectivity index (χ0v) is 24.8. The molecule has 2 aliphatic rings. The van der Waals surface area contributed by atoms with Gasteiger partial charge < -0.3 is 24.4 Å². The molecule has 0 radical (unpaired) electrons. The van der Waals surface area contributed by atoms with E-state index in [1.807, 2.05) is 26.8 Å². The topological polar surface area (TPSA) is 94.9 Å². The van der Waals surface area contributed by atoms with Crippen molar-refractivity contribution in [2.24, 2.45) is 11.3 Å². The highest BCUT2D eigenvalue weighted by molar-refractivity contribution is 6.30. The largest absolute Gasteiger partial charge is 0.469 e. The van der Waals surface area contributed by atoms with Crippen LogP contribution in [0.3, 0.4) is 0 Å². The lowest BCUT2D eigenvalue weighted by molar-refractivity contribution is -0.160. The molecule has 1 aromatic carbocycles. The van der Waals surface area contributed by atoms with Gasteiger partial charge in [0.15, 0.2) is 5.75 Å². The monoisotopic (exact) mass is 596 g/mol. The SMILES string of the molecule is COC(=O)C(C)(CN1CCC(C(=O)Nc2ccc(Cl)cc2OC(F)F)(n2nccc2C(C)C)CC1)C1CCOCC1. The van der Waals surface area contributed by atoms with Crippen LogP contribution in [0.4, 0.5) is 14.5 Å². The number of carbonyl (C=O) groups is 2. The first-order chi connectivity index (χ1) is 19.5. The van der Waals surface area contributed by atoms with Crippen molar-refractivity contribution in [3.8, 4) is 5.75 Å². The van der Waals surface area contributed by atoms with Crippen LogP contribution in [-0.2, 0) is 24.6 Å². The number of methoxy groups -OCH3 is 1. The smallest absolute Gasteiger partial charge is 0.387 e. The summed E-state index contributed by atoms with van der Waals surface area (Å²) in [4.78, 5) is 29.4. The molecular weight excluding hydrogens is 558 g/mol. The van der Waals surface area contributed by atoms with E-state index >= 15 is 0 Å². The van der Waals surface area contributed by atoms with Crippen LogP contribution in [0.25, 0.3) is 0 Å². The van der Waals surface area contributed by atoms with E-state index in [0.29, 0.717) is 45.7 Å². The predicted molar refractivity (Wildman–Crippen MR) is 150 cm³/mol. The van der Waals surface area contributed by atoms with Crippen LogP contribution in [0.5, 0.6) is 5.75 Å². The first kappa shape index (κ1) is 31.2.